The van der Waals surface area contributed by atoms with Crippen LogP contribution in [0.4, 0.5) is 11.4 Å². The van der Waals surface area contributed by atoms with E-state index in [1.165, 1.54) is 19.2 Å². The maximum Gasteiger partial charge on any atom is 0.261 e. The number of anilines is 2. The number of nitrogens with one attached hydrogen (secondary N) is 3. The molecule has 0 aromatic heterocycles. The van der Waals surface area contributed by atoms with Crippen molar-refractivity contribution in [3.05, 3.63) is 48.5 Å². The van der Waals surface area contributed by atoms with Crippen molar-refractivity contribution in [1.82, 2.24) is 5.32 Å². The van der Waals surface area contributed by atoms with Gasteiger partial charge in [0.1, 0.15) is 5.75 Å². The molecule has 1 unspecified atom stereocenters. The van der Waals surface area contributed by atoms with E-state index in [-0.39, 0.29) is 16.7 Å². The van der Waals surface area contributed by atoms with Crippen molar-refractivity contribution < 1.29 is 17.9 Å². The van der Waals surface area contributed by atoms with Crippen molar-refractivity contribution in [1.29, 1.82) is 0 Å². The van der Waals surface area contributed by atoms with Crippen LogP contribution in [0.15, 0.2) is 53.4 Å². The Morgan fingerprint density at radius 3 is 2.44 bits per heavy atom. The van der Waals surface area contributed by atoms with Gasteiger partial charge in [-0.3, -0.25) is 9.52 Å². The zero-order valence-electron chi connectivity index (χ0n) is 15.1. The molecule has 2 aromatic carbocycles. The number of amides is 1. The molecule has 2 aromatic rings. The maximum absolute atomic E-state index is 12.7. The van der Waals surface area contributed by atoms with Gasteiger partial charge in [0.05, 0.1) is 29.3 Å². The van der Waals surface area contributed by atoms with Crippen LogP contribution in [-0.2, 0) is 14.8 Å². The summed E-state index contributed by atoms with van der Waals surface area (Å²) >= 11 is 0. The molecule has 1 aliphatic heterocycles. The number of hydrogen-bond acceptors (Lipinski definition) is 5. The van der Waals surface area contributed by atoms with Gasteiger partial charge in [-0.25, -0.2) is 8.42 Å². The standard InChI is InChI=1S/C19H23N3O4S/c1-26-15-8-10-16(11-9-15)27(24,25)22-18-7-3-2-6-17(18)21-19(23)14-5-4-12-20-13-14/h2-3,6-11,14,20,22H,4-5,12-13H2,1H3,(H,21,23). The quantitative estimate of drug-likeness (QED) is 0.705. The molecule has 0 aliphatic carbocycles. The molecule has 1 amide bonds. The van der Waals surface area contributed by atoms with E-state index >= 15 is 0 Å². The van der Waals surface area contributed by atoms with Gasteiger partial charge in [0, 0.05) is 6.54 Å². The minimum atomic E-state index is -3.79. The van der Waals surface area contributed by atoms with E-state index in [2.05, 4.69) is 15.4 Å². The largest absolute Gasteiger partial charge is 0.497 e. The normalized spacial score (nSPS) is 17.1. The third-order valence-corrected chi connectivity index (χ3v) is 5.85. The molecule has 0 bridgehead atoms. The van der Waals surface area contributed by atoms with E-state index in [1.54, 1.807) is 36.4 Å². The average molecular weight is 389 g/mol. The topological polar surface area (TPSA) is 96.5 Å². The molecule has 3 rings (SSSR count). The van der Waals surface area contributed by atoms with Crippen molar-refractivity contribution in [3.8, 4) is 5.75 Å². The van der Waals surface area contributed by atoms with Crippen LogP contribution >= 0.6 is 0 Å². The van der Waals surface area contributed by atoms with Crippen LogP contribution in [0.3, 0.4) is 0 Å². The first-order chi connectivity index (χ1) is 13.0. The monoisotopic (exact) mass is 389 g/mol. The number of methoxy groups -OCH3 is 1. The van der Waals surface area contributed by atoms with Gasteiger partial charge in [-0.15, -0.1) is 0 Å². The van der Waals surface area contributed by atoms with Crippen LogP contribution in [0.5, 0.6) is 5.75 Å². The molecule has 0 spiro atoms. The summed E-state index contributed by atoms with van der Waals surface area (Å²) in [7, 11) is -2.27. The molecule has 144 valence electrons. The van der Waals surface area contributed by atoms with E-state index < -0.39 is 10.0 Å². The number of para-hydroxylation sites is 2. The van der Waals surface area contributed by atoms with Crippen molar-refractivity contribution >= 4 is 27.3 Å². The van der Waals surface area contributed by atoms with Gasteiger partial charge in [-0.05, 0) is 55.8 Å². The summed E-state index contributed by atoms with van der Waals surface area (Å²) in [5.74, 6) is 0.339. The Morgan fingerprint density at radius 2 is 1.81 bits per heavy atom. The van der Waals surface area contributed by atoms with Gasteiger partial charge >= 0.3 is 0 Å². The van der Waals surface area contributed by atoms with Gasteiger partial charge in [-0.2, -0.15) is 0 Å². The molecule has 1 aliphatic rings. The summed E-state index contributed by atoms with van der Waals surface area (Å²) in [6.45, 7) is 1.55. The summed E-state index contributed by atoms with van der Waals surface area (Å²) in [4.78, 5) is 12.6. The second-order valence-electron chi connectivity index (χ2n) is 6.36. The Balaban J connectivity index is 1.77. The van der Waals surface area contributed by atoms with Crippen LogP contribution in [0.25, 0.3) is 0 Å². The summed E-state index contributed by atoms with van der Waals surface area (Å²) in [6.07, 6.45) is 1.77. The lowest BCUT2D eigenvalue weighted by atomic mass is 9.99. The van der Waals surface area contributed by atoms with Gasteiger partial charge in [0.15, 0.2) is 0 Å². The molecular weight excluding hydrogens is 366 g/mol. The first-order valence-corrected chi connectivity index (χ1v) is 10.3. The second kappa shape index (κ2) is 8.41. The van der Waals surface area contributed by atoms with E-state index in [0.29, 0.717) is 23.7 Å². The van der Waals surface area contributed by atoms with Crippen LogP contribution in [0.2, 0.25) is 0 Å². The first-order valence-electron chi connectivity index (χ1n) is 8.77. The van der Waals surface area contributed by atoms with E-state index in [0.717, 1.165) is 19.4 Å². The molecule has 1 atom stereocenters. The third kappa shape index (κ3) is 4.78. The Hall–Kier alpha value is -2.58. The number of benzene rings is 2. The molecule has 0 saturated carbocycles. The van der Waals surface area contributed by atoms with Crippen molar-refractivity contribution in [2.45, 2.75) is 17.7 Å². The van der Waals surface area contributed by atoms with Crippen LogP contribution in [0, 0.1) is 5.92 Å². The number of ether oxygens (including phenoxy) is 1. The predicted molar refractivity (Wildman–Crippen MR) is 104 cm³/mol. The number of rotatable bonds is 6. The molecular formula is C19H23N3O4S. The second-order valence-corrected chi connectivity index (χ2v) is 8.04. The van der Waals surface area contributed by atoms with Gasteiger partial charge in [-0.1, -0.05) is 12.1 Å². The maximum atomic E-state index is 12.7. The van der Waals surface area contributed by atoms with Crippen molar-refractivity contribution in [2.24, 2.45) is 5.92 Å². The zero-order valence-corrected chi connectivity index (χ0v) is 15.9. The number of hydrogen-bond donors (Lipinski definition) is 3. The van der Waals surface area contributed by atoms with Crippen molar-refractivity contribution in [2.75, 3.05) is 30.2 Å². The van der Waals surface area contributed by atoms with E-state index in [9.17, 15) is 13.2 Å². The van der Waals surface area contributed by atoms with Gasteiger partial charge in [0.2, 0.25) is 5.91 Å². The average Bonchev–Trinajstić information content (AvgIpc) is 2.70. The zero-order chi connectivity index (χ0) is 19.3. The molecule has 27 heavy (non-hydrogen) atoms. The molecule has 0 radical (unpaired) electrons. The Labute approximate surface area is 159 Å². The molecule has 7 nitrogen and oxygen atoms in total. The van der Waals surface area contributed by atoms with Crippen LogP contribution in [0.1, 0.15) is 12.8 Å². The highest BCUT2D eigenvalue weighted by Gasteiger charge is 2.22. The van der Waals surface area contributed by atoms with Crippen LogP contribution in [-0.4, -0.2) is 34.5 Å². The molecule has 1 fully saturated rings. The van der Waals surface area contributed by atoms with E-state index in [4.69, 9.17) is 4.74 Å². The lowest BCUT2D eigenvalue weighted by molar-refractivity contribution is -0.120. The Morgan fingerprint density at radius 1 is 1.11 bits per heavy atom. The molecule has 3 N–H and O–H groups in total. The summed E-state index contributed by atoms with van der Waals surface area (Å²) < 4.78 is 32.9. The number of piperidine rings is 1. The Kier molecular flexibility index (Phi) is 5.98. The number of carbonyl (C=O) groups excluding carboxylic acids is 1. The third-order valence-electron chi connectivity index (χ3n) is 4.47. The molecule has 1 saturated heterocycles. The van der Waals surface area contributed by atoms with Gasteiger partial charge < -0.3 is 15.4 Å². The number of carbonyl (C=O) groups is 1. The van der Waals surface area contributed by atoms with E-state index in [1.807, 2.05) is 0 Å². The fraction of sp³-hybridized carbons (Fsp3) is 0.316. The minimum Gasteiger partial charge on any atom is -0.497 e. The Bertz CT molecular complexity index is 891. The number of sulfonamides is 1. The first kappa shape index (κ1) is 19.2. The van der Waals surface area contributed by atoms with Gasteiger partial charge in [0.25, 0.3) is 10.0 Å². The lowest BCUT2D eigenvalue weighted by Gasteiger charge is -2.22. The fourth-order valence-corrected chi connectivity index (χ4v) is 4.03. The van der Waals surface area contributed by atoms with Crippen molar-refractivity contribution in [3.63, 3.8) is 0 Å². The lowest BCUT2D eigenvalue weighted by Crippen LogP contribution is -2.37. The highest BCUT2D eigenvalue weighted by Crippen LogP contribution is 2.26. The molecule has 1 heterocycles. The highest BCUT2D eigenvalue weighted by molar-refractivity contribution is 7.92. The molecule has 8 heteroatoms. The highest BCUT2D eigenvalue weighted by atomic mass is 32.2. The minimum absolute atomic E-state index is 0.112. The summed E-state index contributed by atoms with van der Waals surface area (Å²) in [5, 5.41) is 6.05. The smallest absolute Gasteiger partial charge is 0.261 e. The summed E-state index contributed by atoms with van der Waals surface area (Å²) in [5.41, 5.74) is 0.760. The fourth-order valence-electron chi connectivity index (χ4n) is 2.95. The SMILES string of the molecule is COc1ccc(S(=O)(=O)Nc2ccccc2NC(=O)C2CCCNC2)cc1. The predicted octanol–water partition coefficient (Wildman–Crippen LogP) is 2.43. The van der Waals surface area contributed by atoms with Crippen LogP contribution < -0.4 is 20.1 Å². The summed E-state index contributed by atoms with van der Waals surface area (Å²) in [6, 6.07) is 12.9.